The molecule has 0 spiro atoms. The van der Waals surface area contributed by atoms with Gasteiger partial charge < -0.3 is 4.90 Å². The number of anilines is 1. The van der Waals surface area contributed by atoms with Gasteiger partial charge in [0, 0.05) is 12.7 Å². The third-order valence-electron chi connectivity index (χ3n) is 3.04. The monoisotopic (exact) mass is 292 g/mol. The van der Waals surface area contributed by atoms with Crippen LogP contribution in [0.5, 0.6) is 0 Å². The summed E-state index contributed by atoms with van der Waals surface area (Å²) < 4.78 is 39.9. The second kappa shape index (κ2) is 5.99. The SMILES string of the molecule is Cc1ccccc1N(C)/C(=N/c1ccccc1)C(F)(F)F. The number of nitrogens with zero attached hydrogens (tertiary/aromatic N) is 2. The minimum Gasteiger partial charge on any atom is -0.325 e. The van der Waals surface area contributed by atoms with E-state index in [-0.39, 0.29) is 5.69 Å². The number of amidine groups is 1. The molecule has 0 atom stereocenters. The lowest BCUT2D eigenvalue weighted by Crippen LogP contribution is -2.39. The molecule has 0 aliphatic heterocycles. The number of aliphatic imine (C=N–C) groups is 1. The smallest absolute Gasteiger partial charge is 0.325 e. The van der Waals surface area contributed by atoms with Gasteiger partial charge in [0.1, 0.15) is 0 Å². The summed E-state index contributed by atoms with van der Waals surface area (Å²) in [6.07, 6.45) is -4.53. The van der Waals surface area contributed by atoms with E-state index in [1.165, 1.54) is 19.2 Å². The molecule has 0 fully saturated rings. The number of alkyl halides is 3. The van der Waals surface area contributed by atoms with Crippen LogP contribution < -0.4 is 4.90 Å². The zero-order chi connectivity index (χ0) is 15.5. The molecular weight excluding hydrogens is 277 g/mol. The van der Waals surface area contributed by atoms with Crippen molar-refractivity contribution in [2.45, 2.75) is 13.1 Å². The van der Waals surface area contributed by atoms with Gasteiger partial charge in [-0.3, -0.25) is 0 Å². The summed E-state index contributed by atoms with van der Waals surface area (Å²) in [5.41, 5.74) is 1.50. The van der Waals surface area contributed by atoms with Crippen molar-refractivity contribution in [1.29, 1.82) is 0 Å². The molecule has 0 N–H and O–H groups in total. The zero-order valence-corrected chi connectivity index (χ0v) is 11.7. The van der Waals surface area contributed by atoms with E-state index in [4.69, 9.17) is 0 Å². The number of benzene rings is 2. The Labute approximate surface area is 121 Å². The Balaban J connectivity index is 2.47. The molecule has 21 heavy (non-hydrogen) atoms. The molecule has 0 saturated carbocycles. The highest BCUT2D eigenvalue weighted by Gasteiger charge is 2.39. The summed E-state index contributed by atoms with van der Waals surface area (Å²) in [6.45, 7) is 1.77. The van der Waals surface area contributed by atoms with Crippen LogP contribution in [-0.4, -0.2) is 19.1 Å². The summed E-state index contributed by atoms with van der Waals surface area (Å²) in [5.74, 6) is -0.942. The molecule has 0 aliphatic rings. The Kier molecular flexibility index (Phi) is 4.31. The first-order valence-electron chi connectivity index (χ1n) is 6.40. The molecule has 0 aromatic heterocycles. The van der Waals surface area contributed by atoms with E-state index in [0.29, 0.717) is 5.69 Å². The minimum absolute atomic E-state index is 0.269. The first-order chi connectivity index (χ1) is 9.89. The Morgan fingerprint density at radius 1 is 0.952 bits per heavy atom. The lowest BCUT2D eigenvalue weighted by molar-refractivity contribution is -0.0599. The number of para-hydroxylation sites is 2. The van der Waals surface area contributed by atoms with E-state index in [0.717, 1.165) is 10.5 Å². The number of hydrogen-bond acceptors (Lipinski definition) is 1. The van der Waals surface area contributed by atoms with Gasteiger partial charge in [-0.1, -0.05) is 36.4 Å². The van der Waals surface area contributed by atoms with Crippen LogP contribution in [0.25, 0.3) is 0 Å². The minimum atomic E-state index is -4.53. The molecular formula is C16H15F3N2. The molecule has 110 valence electrons. The van der Waals surface area contributed by atoms with Crippen LogP contribution in [0.2, 0.25) is 0 Å². The molecule has 0 aliphatic carbocycles. The normalized spacial score (nSPS) is 12.3. The van der Waals surface area contributed by atoms with E-state index in [1.807, 2.05) is 0 Å². The highest BCUT2D eigenvalue weighted by Crippen LogP contribution is 2.28. The predicted molar refractivity (Wildman–Crippen MR) is 79.2 cm³/mol. The fourth-order valence-corrected chi connectivity index (χ4v) is 2.01. The summed E-state index contributed by atoms with van der Waals surface area (Å²) in [4.78, 5) is 4.84. The van der Waals surface area contributed by atoms with Gasteiger partial charge in [-0.05, 0) is 30.7 Å². The lowest BCUT2D eigenvalue weighted by atomic mass is 10.2. The lowest BCUT2D eigenvalue weighted by Gasteiger charge is -2.24. The van der Waals surface area contributed by atoms with Gasteiger partial charge >= 0.3 is 6.18 Å². The van der Waals surface area contributed by atoms with Crippen molar-refractivity contribution in [3.05, 3.63) is 60.2 Å². The van der Waals surface area contributed by atoms with E-state index in [9.17, 15) is 13.2 Å². The quantitative estimate of drug-likeness (QED) is 0.577. The third-order valence-corrected chi connectivity index (χ3v) is 3.04. The number of aryl methyl sites for hydroxylation is 1. The average Bonchev–Trinajstić information content (AvgIpc) is 2.44. The maximum absolute atomic E-state index is 13.3. The summed E-state index contributed by atoms with van der Waals surface area (Å²) in [7, 11) is 1.37. The van der Waals surface area contributed by atoms with Crippen molar-refractivity contribution in [2.75, 3.05) is 11.9 Å². The first kappa shape index (κ1) is 15.1. The predicted octanol–water partition coefficient (Wildman–Crippen LogP) is 4.72. The van der Waals surface area contributed by atoms with Crippen molar-refractivity contribution in [2.24, 2.45) is 4.99 Å². The second-order valence-corrected chi connectivity index (χ2v) is 4.61. The van der Waals surface area contributed by atoms with Gasteiger partial charge in [0.05, 0.1) is 5.69 Å². The van der Waals surface area contributed by atoms with Crippen LogP contribution in [0, 0.1) is 6.92 Å². The average molecular weight is 292 g/mol. The summed E-state index contributed by atoms with van der Waals surface area (Å²) >= 11 is 0. The molecule has 5 heteroatoms. The van der Waals surface area contributed by atoms with Crippen molar-refractivity contribution in [3.63, 3.8) is 0 Å². The summed E-state index contributed by atoms with van der Waals surface area (Å²) in [5, 5.41) is 0. The zero-order valence-electron chi connectivity index (χ0n) is 11.7. The third kappa shape index (κ3) is 3.62. The molecule has 0 unspecified atom stereocenters. The van der Waals surface area contributed by atoms with Gasteiger partial charge in [0.25, 0.3) is 0 Å². The Morgan fingerprint density at radius 2 is 1.52 bits per heavy atom. The number of hydrogen-bond donors (Lipinski definition) is 0. The molecule has 0 heterocycles. The molecule has 2 aromatic carbocycles. The molecule has 0 radical (unpaired) electrons. The molecule has 2 nitrogen and oxygen atoms in total. The van der Waals surface area contributed by atoms with Crippen LogP contribution >= 0.6 is 0 Å². The fourth-order valence-electron chi connectivity index (χ4n) is 2.01. The van der Waals surface area contributed by atoms with Gasteiger partial charge in [0.2, 0.25) is 5.84 Å². The molecule has 0 bridgehead atoms. The molecule has 0 saturated heterocycles. The van der Waals surface area contributed by atoms with Crippen LogP contribution in [0.15, 0.2) is 59.6 Å². The fraction of sp³-hybridized carbons (Fsp3) is 0.188. The van der Waals surface area contributed by atoms with Crippen molar-refractivity contribution in [1.82, 2.24) is 0 Å². The van der Waals surface area contributed by atoms with Crippen molar-refractivity contribution >= 4 is 17.2 Å². The van der Waals surface area contributed by atoms with Crippen LogP contribution in [0.3, 0.4) is 0 Å². The van der Waals surface area contributed by atoms with Crippen LogP contribution in [-0.2, 0) is 0 Å². The Hall–Kier alpha value is -2.30. The largest absolute Gasteiger partial charge is 0.449 e. The second-order valence-electron chi connectivity index (χ2n) is 4.61. The molecule has 0 amide bonds. The number of rotatable bonds is 2. The van der Waals surface area contributed by atoms with Gasteiger partial charge in [-0.2, -0.15) is 13.2 Å². The Morgan fingerprint density at radius 3 is 2.10 bits per heavy atom. The van der Waals surface area contributed by atoms with Crippen LogP contribution in [0.4, 0.5) is 24.5 Å². The van der Waals surface area contributed by atoms with E-state index in [1.54, 1.807) is 49.4 Å². The van der Waals surface area contributed by atoms with Crippen LogP contribution in [0.1, 0.15) is 5.56 Å². The maximum atomic E-state index is 13.3. The van der Waals surface area contributed by atoms with Crippen molar-refractivity contribution < 1.29 is 13.2 Å². The molecule has 2 rings (SSSR count). The van der Waals surface area contributed by atoms with Gasteiger partial charge in [0.15, 0.2) is 0 Å². The first-order valence-corrected chi connectivity index (χ1v) is 6.40. The van der Waals surface area contributed by atoms with E-state index >= 15 is 0 Å². The summed E-state index contributed by atoms with van der Waals surface area (Å²) in [6, 6.07) is 15.0. The van der Waals surface area contributed by atoms with Gasteiger partial charge in [-0.25, -0.2) is 4.99 Å². The molecule has 2 aromatic rings. The van der Waals surface area contributed by atoms with E-state index in [2.05, 4.69) is 4.99 Å². The Bertz CT molecular complexity index is 633. The highest BCUT2D eigenvalue weighted by molar-refractivity contribution is 6.03. The van der Waals surface area contributed by atoms with Gasteiger partial charge in [-0.15, -0.1) is 0 Å². The van der Waals surface area contributed by atoms with E-state index < -0.39 is 12.0 Å². The topological polar surface area (TPSA) is 15.6 Å². The number of halogens is 3. The standard InChI is InChI=1S/C16H15F3N2/c1-12-8-6-7-11-14(12)21(2)15(16(17,18)19)20-13-9-4-3-5-10-13/h3-11H,1-2H3/b20-15+. The highest BCUT2D eigenvalue weighted by atomic mass is 19.4. The van der Waals surface area contributed by atoms with Crippen molar-refractivity contribution in [3.8, 4) is 0 Å². The maximum Gasteiger partial charge on any atom is 0.449 e.